The van der Waals surface area contributed by atoms with Gasteiger partial charge in [0.05, 0.1) is 6.42 Å². The number of likely N-dealkylation sites (tertiary alicyclic amines) is 1. The molecule has 1 fully saturated rings. The maximum Gasteiger partial charge on any atom is 0.231 e. The molecule has 2 aliphatic heterocycles. The minimum atomic E-state index is 0.0156. The second-order valence-corrected chi connectivity index (χ2v) is 7.08. The second-order valence-electron chi connectivity index (χ2n) is 7.08. The molecule has 7 heteroatoms. The molecule has 28 heavy (non-hydrogen) atoms. The topological polar surface area (TPSA) is 77.7 Å². The average molecular weight is 377 g/mol. The summed E-state index contributed by atoms with van der Waals surface area (Å²) in [5.74, 6) is 2.29. The van der Waals surface area contributed by atoms with Crippen molar-refractivity contribution in [2.45, 2.75) is 18.3 Å². The van der Waals surface area contributed by atoms with Crippen LogP contribution in [0.2, 0.25) is 0 Å². The van der Waals surface area contributed by atoms with Gasteiger partial charge in [0.25, 0.3) is 0 Å². The van der Waals surface area contributed by atoms with Crippen LogP contribution in [0.5, 0.6) is 11.5 Å². The summed E-state index contributed by atoms with van der Waals surface area (Å²) in [6.45, 7) is 1.43. The summed E-state index contributed by atoms with van der Waals surface area (Å²) >= 11 is 0. The van der Waals surface area contributed by atoms with Gasteiger partial charge >= 0.3 is 0 Å². The number of carbonyl (C=O) groups excluding carboxylic acids is 1. The Labute approximate surface area is 161 Å². The van der Waals surface area contributed by atoms with Gasteiger partial charge in [-0.2, -0.15) is 4.98 Å². The average Bonchev–Trinajstić information content (AvgIpc) is 3.47. The molecule has 0 N–H and O–H groups in total. The molecule has 2 unspecified atom stereocenters. The maximum absolute atomic E-state index is 13.0. The summed E-state index contributed by atoms with van der Waals surface area (Å²) in [6.07, 6.45) is 1.66. The molecule has 5 rings (SSSR count). The van der Waals surface area contributed by atoms with Crippen LogP contribution in [-0.4, -0.2) is 40.8 Å². The lowest BCUT2D eigenvalue weighted by molar-refractivity contribution is -0.129. The van der Waals surface area contributed by atoms with Crippen LogP contribution < -0.4 is 9.47 Å². The van der Waals surface area contributed by atoms with Crippen LogP contribution in [0.25, 0.3) is 0 Å². The Morgan fingerprint density at radius 1 is 1.04 bits per heavy atom. The lowest BCUT2D eigenvalue weighted by Gasteiger charge is -2.17. The van der Waals surface area contributed by atoms with Crippen molar-refractivity contribution in [3.8, 4) is 11.5 Å². The Bertz CT molecular complexity index is 975. The van der Waals surface area contributed by atoms with Crippen molar-refractivity contribution in [1.82, 2.24) is 15.0 Å². The summed E-state index contributed by atoms with van der Waals surface area (Å²) in [4.78, 5) is 19.1. The number of nitrogens with zero attached hydrogens (tertiary/aromatic N) is 3. The van der Waals surface area contributed by atoms with E-state index in [1.807, 2.05) is 41.3 Å². The van der Waals surface area contributed by atoms with E-state index in [-0.39, 0.29) is 24.5 Å². The molecule has 1 aromatic heterocycles. The van der Waals surface area contributed by atoms with Crippen LogP contribution in [0.1, 0.15) is 28.8 Å². The predicted molar refractivity (Wildman–Crippen MR) is 99.1 cm³/mol. The van der Waals surface area contributed by atoms with Crippen molar-refractivity contribution in [2.75, 3.05) is 19.9 Å². The second kappa shape index (κ2) is 6.99. The number of hydrogen-bond donors (Lipinski definition) is 0. The zero-order valence-electron chi connectivity index (χ0n) is 15.2. The van der Waals surface area contributed by atoms with Gasteiger partial charge in [0.2, 0.25) is 19.1 Å². The summed E-state index contributed by atoms with van der Waals surface area (Å²) in [5.41, 5.74) is 2.09. The van der Waals surface area contributed by atoms with Gasteiger partial charge in [0.1, 0.15) is 0 Å². The largest absolute Gasteiger partial charge is 0.454 e. The van der Waals surface area contributed by atoms with E-state index in [1.165, 1.54) is 12.0 Å². The number of amides is 1. The maximum atomic E-state index is 13.0. The SMILES string of the molecule is O=C(Cc1ccc2c(c1)OCO2)N1CC(c2ccccc2)C(c2ncon2)C1. The lowest BCUT2D eigenvalue weighted by atomic mass is 9.88. The third-order valence-electron chi connectivity index (χ3n) is 5.40. The van der Waals surface area contributed by atoms with Crippen LogP contribution in [-0.2, 0) is 11.2 Å². The highest BCUT2D eigenvalue weighted by molar-refractivity contribution is 5.79. The van der Waals surface area contributed by atoms with E-state index >= 15 is 0 Å². The number of fused-ring (bicyclic) bond motifs is 1. The monoisotopic (exact) mass is 377 g/mol. The summed E-state index contributed by atoms with van der Waals surface area (Å²) in [6, 6.07) is 15.8. The highest BCUT2D eigenvalue weighted by Crippen LogP contribution is 2.39. The van der Waals surface area contributed by atoms with Crippen molar-refractivity contribution >= 4 is 5.91 Å². The first-order valence-electron chi connectivity index (χ1n) is 9.25. The first kappa shape index (κ1) is 16.8. The van der Waals surface area contributed by atoms with E-state index in [9.17, 15) is 4.79 Å². The highest BCUT2D eigenvalue weighted by atomic mass is 16.7. The number of hydrogen-bond acceptors (Lipinski definition) is 6. The summed E-state index contributed by atoms with van der Waals surface area (Å²) < 4.78 is 15.7. The minimum Gasteiger partial charge on any atom is -0.454 e. The summed E-state index contributed by atoms with van der Waals surface area (Å²) in [5, 5.41) is 4.04. The zero-order chi connectivity index (χ0) is 18.9. The van der Waals surface area contributed by atoms with Crippen LogP contribution in [0.4, 0.5) is 0 Å². The molecule has 1 amide bonds. The van der Waals surface area contributed by atoms with E-state index in [2.05, 4.69) is 22.3 Å². The van der Waals surface area contributed by atoms with E-state index in [0.29, 0.717) is 31.1 Å². The fourth-order valence-electron chi connectivity index (χ4n) is 3.99. The number of ether oxygens (including phenoxy) is 2. The molecule has 2 aliphatic rings. The van der Waals surface area contributed by atoms with Crippen molar-refractivity contribution in [2.24, 2.45) is 0 Å². The number of carbonyl (C=O) groups is 1. The first-order valence-corrected chi connectivity index (χ1v) is 9.25. The predicted octanol–water partition coefficient (Wildman–Crippen LogP) is 2.75. The van der Waals surface area contributed by atoms with Gasteiger partial charge in [0, 0.05) is 24.9 Å². The molecule has 142 valence electrons. The first-order chi connectivity index (χ1) is 13.8. The van der Waals surface area contributed by atoms with Crippen LogP contribution in [0.3, 0.4) is 0 Å². The van der Waals surface area contributed by atoms with Gasteiger partial charge in [-0.05, 0) is 23.3 Å². The van der Waals surface area contributed by atoms with E-state index in [0.717, 1.165) is 11.3 Å². The number of aromatic nitrogens is 2. The quantitative estimate of drug-likeness (QED) is 0.696. The highest BCUT2D eigenvalue weighted by Gasteiger charge is 2.39. The fourth-order valence-corrected chi connectivity index (χ4v) is 3.99. The van der Waals surface area contributed by atoms with Gasteiger partial charge in [-0.3, -0.25) is 4.79 Å². The molecule has 1 saturated heterocycles. The molecule has 3 aromatic rings. The van der Waals surface area contributed by atoms with Gasteiger partial charge < -0.3 is 18.9 Å². The van der Waals surface area contributed by atoms with Crippen LogP contribution >= 0.6 is 0 Å². The van der Waals surface area contributed by atoms with Crippen molar-refractivity contribution in [3.63, 3.8) is 0 Å². The minimum absolute atomic E-state index is 0.0156. The molecule has 0 saturated carbocycles. The van der Waals surface area contributed by atoms with Crippen molar-refractivity contribution in [3.05, 3.63) is 71.9 Å². The molecule has 0 spiro atoms. The Balaban J connectivity index is 1.36. The smallest absolute Gasteiger partial charge is 0.231 e. The van der Waals surface area contributed by atoms with Crippen LogP contribution in [0.15, 0.2) is 59.4 Å². The molecule has 0 radical (unpaired) electrons. The van der Waals surface area contributed by atoms with Gasteiger partial charge in [-0.25, -0.2) is 0 Å². The lowest BCUT2D eigenvalue weighted by Crippen LogP contribution is -2.30. The standard InChI is InChI=1S/C21H19N3O4/c25-20(9-14-6-7-18-19(8-14)27-13-26-18)24-10-16(15-4-2-1-3-5-15)17(11-24)21-22-12-28-23-21/h1-8,12,16-17H,9-11,13H2. The third kappa shape index (κ3) is 3.09. The molecule has 0 aliphatic carbocycles. The Morgan fingerprint density at radius 2 is 1.86 bits per heavy atom. The van der Waals surface area contributed by atoms with Gasteiger partial charge in [-0.1, -0.05) is 41.6 Å². The molecule has 3 heterocycles. The number of benzene rings is 2. The molecule has 0 bridgehead atoms. The van der Waals surface area contributed by atoms with Crippen molar-refractivity contribution < 1.29 is 18.8 Å². The fraction of sp³-hybridized carbons (Fsp3) is 0.286. The van der Waals surface area contributed by atoms with E-state index in [1.54, 1.807) is 0 Å². The zero-order valence-corrected chi connectivity index (χ0v) is 15.2. The van der Waals surface area contributed by atoms with Gasteiger partial charge in [-0.15, -0.1) is 0 Å². The molecule has 2 atom stereocenters. The van der Waals surface area contributed by atoms with E-state index < -0.39 is 0 Å². The Kier molecular flexibility index (Phi) is 4.20. The molecular weight excluding hydrogens is 358 g/mol. The third-order valence-corrected chi connectivity index (χ3v) is 5.40. The molecule has 2 aromatic carbocycles. The molecular formula is C21H19N3O4. The summed E-state index contributed by atoms with van der Waals surface area (Å²) in [7, 11) is 0. The Hall–Kier alpha value is -3.35. The van der Waals surface area contributed by atoms with Crippen LogP contribution in [0, 0.1) is 0 Å². The normalized spacial score (nSPS) is 20.5. The number of rotatable bonds is 4. The van der Waals surface area contributed by atoms with Crippen molar-refractivity contribution in [1.29, 1.82) is 0 Å². The van der Waals surface area contributed by atoms with Gasteiger partial charge in [0.15, 0.2) is 17.3 Å². The van der Waals surface area contributed by atoms with E-state index in [4.69, 9.17) is 14.0 Å². The Morgan fingerprint density at radius 3 is 2.68 bits per heavy atom. The molecule has 7 nitrogen and oxygen atoms in total.